The molecule has 1 aliphatic rings. The van der Waals surface area contributed by atoms with E-state index in [4.69, 9.17) is 4.43 Å². The second-order valence-corrected chi connectivity index (χ2v) is 16.0. The zero-order valence-corrected chi connectivity index (χ0v) is 21.9. The maximum Gasteiger partial charge on any atom is 0.192 e. The van der Waals surface area contributed by atoms with Gasteiger partial charge in [-0.25, -0.2) is 4.98 Å². The molecule has 1 aromatic heterocycles. The lowest BCUT2D eigenvalue weighted by Gasteiger charge is -2.43. The fourth-order valence-electron chi connectivity index (χ4n) is 4.23. The molecule has 1 heterocycles. The summed E-state index contributed by atoms with van der Waals surface area (Å²) in [5.41, 5.74) is 1.38. The normalized spacial score (nSPS) is 18.6. The van der Waals surface area contributed by atoms with Crippen LogP contribution in [0.1, 0.15) is 70.9 Å². The second-order valence-electron chi connectivity index (χ2n) is 10.1. The van der Waals surface area contributed by atoms with Gasteiger partial charge in [-0.1, -0.05) is 58.2 Å². The minimum absolute atomic E-state index is 0.228. The van der Waals surface area contributed by atoms with Crippen molar-refractivity contribution in [3.05, 3.63) is 52.1 Å². The monoisotopic (exact) mass is 524 g/mol. The van der Waals surface area contributed by atoms with E-state index >= 15 is 0 Å². The highest BCUT2D eigenvalue weighted by atomic mass is 127. The van der Waals surface area contributed by atoms with E-state index in [1.54, 1.807) is 0 Å². The molecule has 5 heteroatoms. The van der Waals surface area contributed by atoms with Crippen molar-refractivity contribution in [2.75, 3.05) is 0 Å². The average molecular weight is 525 g/mol. The smallest absolute Gasteiger partial charge is 0.192 e. The van der Waals surface area contributed by atoms with Gasteiger partial charge in [0.1, 0.15) is 0 Å². The van der Waals surface area contributed by atoms with E-state index in [-0.39, 0.29) is 11.1 Å². The molecule has 1 saturated carbocycles. The third-order valence-corrected chi connectivity index (χ3v) is 12.5. The molecule has 0 bridgehead atoms. The molecule has 3 nitrogen and oxygen atoms in total. The second kappa shape index (κ2) is 9.65. The topological polar surface area (TPSA) is 27.1 Å². The van der Waals surface area contributed by atoms with Crippen molar-refractivity contribution < 1.29 is 4.43 Å². The Hall–Kier alpha value is -0.663. The lowest BCUT2D eigenvalue weighted by molar-refractivity contribution is 0.0767. The van der Waals surface area contributed by atoms with Crippen LogP contribution in [0.3, 0.4) is 0 Å². The standard InChI is InChI=1S/C24H37IN2OSi/c1-24(2,3)29(4,5)28-23(19-11-7-6-8-12-19)17-22(27-16-15-26-18-27)20-13-9-10-14-21(20)25/h9-10,13-16,18-19,22-23H,6-8,11-12,17H2,1-5H3/t22-,23-/m0/s1. The Morgan fingerprint density at radius 2 is 1.86 bits per heavy atom. The van der Waals surface area contributed by atoms with E-state index in [9.17, 15) is 0 Å². The lowest BCUT2D eigenvalue weighted by atomic mass is 9.82. The van der Waals surface area contributed by atoms with Gasteiger partial charge in [-0.2, -0.15) is 0 Å². The van der Waals surface area contributed by atoms with Crippen LogP contribution in [0.4, 0.5) is 0 Å². The minimum Gasteiger partial charge on any atom is -0.414 e. The van der Waals surface area contributed by atoms with Crippen LogP contribution < -0.4 is 0 Å². The van der Waals surface area contributed by atoms with Crippen LogP contribution in [-0.2, 0) is 4.43 Å². The van der Waals surface area contributed by atoms with E-state index in [0.717, 1.165) is 6.42 Å². The van der Waals surface area contributed by atoms with Crippen molar-refractivity contribution in [3.8, 4) is 0 Å². The number of nitrogens with zero attached hydrogens (tertiary/aromatic N) is 2. The molecule has 1 aliphatic carbocycles. The molecule has 2 aromatic rings. The fraction of sp³-hybridized carbons (Fsp3) is 0.625. The highest BCUT2D eigenvalue weighted by Gasteiger charge is 2.41. The van der Waals surface area contributed by atoms with E-state index in [1.165, 1.54) is 41.2 Å². The van der Waals surface area contributed by atoms with Gasteiger partial charge in [-0.3, -0.25) is 0 Å². The molecule has 0 unspecified atom stereocenters. The lowest BCUT2D eigenvalue weighted by Crippen LogP contribution is -2.46. The number of hydrogen-bond donors (Lipinski definition) is 0. The van der Waals surface area contributed by atoms with Crippen LogP contribution >= 0.6 is 22.6 Å². The molecule has 3 rings (SSSR count). The Morgan fingerprint density at radius 1 is 1.17 bits per heavy atom. The molecule has 160 valence electrons. The number of halogens is 1. The summed E-state index contributed by atoms with van der Waals surface area (Å²) in [5, 5.41) is 0.228. The number of hydrogen-bond acceptors (Lipinski definition) is 2. The third-order valence-electron chi connectivity index (χ3n) is 7.03. The Morgan fingerprint density at radius 3 is 2.45 bits per heavy atom. The Kier molecular flexibility index (Phi) is 7.65. The summed E-state index contributed by atoms with van der Waals surface area (Å²) in [6, 6.07) is 9.04. The molecular weight excluding hydrogens is 487 g/mol. The first-order valence-corrected chi connectivity index (χ1v) is 15.1. The number of rotatable bonds is 7. The van der Waals surface area contributed by atoms with E-state index < -0.39 is 8.32 Å². The molecular formula is C24H37IN2OSi. The maximum absolute atomic E-state index is 7.13. The quantitative estimate of drug-likeness (QED) is 0.278. The summed E-state index contributed by atoms with van der Waals surface area (Å²) in [6.07, 6.45) is 14.0. The third kappa shape index (κ3) is 5.73. The van der Waals surface area contributed by atoms with Gasteiger partial charge in [0, 0.05) is 16.0 Å². The SMILES string of the molecule is CC(C)(C)[Si](C)(C)O[C@@H](C[C@@H](c1ccccc1I)n1ccnc1)C1CCCCC1. The number of aromatic nitrogens is 2. The van der Waals surface area contributed by atoms with Crippen molar-refractivity contribution in [2.45, 2.75) is 89.6 Å². The molecule has 2 atom stereocenters. The summed E-state index contributed by atoms with van der Waals surface area (Å²) in [7, 11) is -1.84. The van der Waals surface area contributed by atoms with Crippen molar-refractivity contribution in [2.24, 2.45) is 5.92 Å². The predicted octanol–water partition coefficient (Wildman–Crippen LogP) is 7.44. The summed E-state index contributed by atoms with van der Waals surface area (Å²) < 4.78 is 10.7. The highest BCUT2D eigenvalue weighted by molar-refractivity contribution is 14.1. The first-order chi connectivity index (χ1) is 13.7. The average Bonchev–Trinajstić information content (AvgIpc) is 3.20. The zero-order valence-electron chi connectivity index (χ0n) is 18.7. The zero-order chi connectivity index (χ0) is 21.1. The molecule has 0 saturated heterocycles. The van der Waals surface area contributed by atoms with Crippen LogP contribution in [0.5, 0.6) is 0 Å². The first-order valence-electron chi connectivity index (χ1n) is 11.1. The van der Waals surface area contributed by atoms with E-state index in [0.29, 0.717) is 12.0 Å². The molecule has 1 aromatic carbocycles. The van der Waals surface area contributed by atoms with E-state index in [1.807, 2.05) is 12.5 Å². The number of benzene rings is 1. The summed E-state index contributed by atoms with van der Waals surface area (Å²) >= 11 is 2.48. The van der Waals surface area contributed by atoms with Gasteiger partial charge in [0.05, 0.1) is 18.5 Å². The Balaban J connectivity index is 1.93. The van der Waals surface area contributed by atoms with Crippen LogP contribution in [-0.4, -0.2) is 24.0 Å². The molecule has 0 N–H and O–H groups in total. The minimum atomic E-state index is -1.84. The Bertz CT molecular complexity index is 763. The van der Waals surface area contributed by atoms with Gasteiger partial charge < -0.3 is 8.99 Å². The first kappa shape index (κ1) is 23.0. The van der Waals surface area contributed by atoms with Crippen molar-refractivity contribution >= 4 is 30.9 Å². The molecule has 0 amide bonds. The summed E-state index contributed by atoms with van der Waals surface area (Å²) in [6.45, 7) is 11.9. The van der Waals surface area contributed by atoms with Crippen LogP contribution in [0, 0.1) is 9.49 Å². The van der Waals surface area contributed by atoms with Crippen LogP contribution in [0.2, 0.25) is 18.1 Å². The molecule has 1 fully saturated rings. The van der Waals surface area contributed by atoms with Crippen LogP contribution in [0.15, 0.2) is 43.0 Å². The van der Waals surface area contributed by atoms with Crippen molar-refractivity contribution in [1.29, 1.82) is 0 Å². The van der Waals surface area contributed by atoms with Crippen molar-refractivity contribution in [1.82, 2.24) is 9.55 Å². The molecule has 0 radical (unpaired) electrons. The Labute approximate surface area is 191 Å². The largest absolute Gasteiger partial charge is 0.414 e. The molecule has 0 aliphatic heterocycles. The molecule has 29 heavy (non-hydrogen) atoms. The van der Waals surface area contributed by atoms with Crippen LogP contribution in [0.25, 0.3) is 0 Å². The maximum atomic E-state index is 7.13. The van der Waals surface area contributed by atoms with Crippen molar-refractivity contribution in [3.63, 3.8) is 0 Å². The van der Waals surface area contributed by atoms with Gasteiger partial charge in [0.25, 0.3) is 0 Å². The van der Waals surface area contributed by atoms with Gasteiger partial charge >= 0.3 is 0 Å². The summed E-state index contributed by atoms with van der Waals surface area (Å²) in [4.78, 5) is 4.36. The van der Waals surface area contributed by atoms with Gasteiger partial charge in [0.2, 0.25) is 0 Å². The predicted molar refractivity (Wildman–Crippen MR) is 133 cm³/mol. The van der Waals surface area contributed by atoms with E-state index in [2.05, 4.69) is 96.5 Å². The van der Waals surface area contributed by atoms with Gasteiger partial charge in [-0.05, 0) is 77.5 Å². The molecule has 0 spiro atoms. The highest BCUT2D eigenvalue weighted by Crippen LogP contribution is 2.42. The summed E-state index contributed by atoms with van der Waals surface area (Å²) in [5.74, 6) is 0.672. The van der Waals surface area contributed by atoms with Gasteiger partial charge in [-0.15, -0.1) is 0 Å². The fourth-order valence-corrected chi connectivity index (χ4v) is 6.37. The van der Waals surface area contributed by atoms with Gasteiger partial charge in [0.15, 0.2) is 8.32 Å². The number of imidazole rings is 1.